The van der Waals surface area contributed by atoms with Gasteiger partial charge < -0.3 is 0 Å². The lowest BCUT2D eigenvalue weighted by atomic mass is 10.3. The van der Waals surface area contributed by atoms with Crippen molar-refractivity contribution in [3.63, 3.8) is 0 Å². The van der Waals surface area contributed by atoms with Crippen LogP contribution in [0, 0.1) is 0 Å². The highest BCUT2D eigenvalue weighted by Gasteiger charge is 1.97. The van der Waals surface area contributed by atoms with Gasteiger partial charge in [0.15, 0.2) is 0 Å². The monoisotopic (exact) mass is 188 g/mol. The molecule has 0 aromatic carbocycles. The van der Waals surface area contributed by atoms with E-state index in [0.717, 1.165) is 6.42 Å². The number of halogens is 1. The van der Waals surface area contributed by atoms with Crippen LogP contribution in [0.15, 0.2) is 12.3 Å². The molecule has 0 aliphatic rings. The summed E-state index contributed by atoms with van der Waals surface area (Å²) in [6, 6.07) is 1.98. The number of alkyl halides is 1. The molecule has 1 atom stereocenters. The summed E-state index contributed by atoms with van der Waals surface area (Å²) in [5, 5.41) is 6.72. The van der Waals surface area contributed by atoms with Gasteiger partial charge in [0.05, 0.1) is 0 Å². The molecule has 2 nitrogen and oxygen atoms in total. The van der Waals surface area contributed by atoms with Crippen molar-refractivity contribution >= 4 is 15.9 Å². The summed E-state index contributed by atoms with van der Waals surface area (Å²) in [4.78, 5) is 0.526. The summed E-state index contributed by atoms with van der Waals surface area (Å²) >= 11 is 3.45. The van der Waals surface area contributed by atoms with E-state index >= 15 is 0 Å². The van der Waals surface area contributed by atoms with Gasteiger partial charge in [-0.25, -0.2) is 0 Å². The van der Waals surface area contributed by atoms with Gasteiger partial charge in [0.2, 0.25) is 0 Å². The summed E-state index contributed by atoms with van der Waals surface area (Å²) < 4.78 is 0. The Labute approximate surface area is 62.8 Å². The van der Waals surface area contributed by atoms with Gasteiger partial charge in [0.1, 0.15) is 0 Å². The quantitative estimate of drug-likeness (QED) is 0.705. The number of hydrogen-bond donors (Lipinski definition) is 1. The van der Waals surface area contributed by atoms with Crippen molar-refractivity contribution in [3.8, 4) is 0 Å². The molecule has 0 bridgehead atoms. The lowest BCUT2D eigenvalue weighted by Gasteiger charge is -1.96. The summed E-state index contributed by atoms with van der Waals surface area (Å²) in [6.07, 6.45) is 2.78. The van der Waals surface area contributed by atoms with Crippen molar-refractivity contribution in [2.75, 3.05) is 0 Å². The van der Waals surface area contributed by atoms with Crippen molar-refractivity contribution in [1.29, 1.82) is 0 Å². The standard InChI is InChI=1S/C6H9BrN2/c1-5(7)4-6-2-3-8-9-6/h2-3,5H,4H2,1H3,(H,8,9). The third-order valence-electron chi connectivity index (χ3n) is 1.06. The van der Waals surface area contributed by atoms with Crippen LogP contribution in [0.5, 0.6) is 0 Å². The molecule has 0 saturated heterocycles. The van der Waals surface area contributed by atoms with Crippen molar-refractivity contribution in [3.05, 3.63) is 18.0 Å². The molecule has 1 aromatic heterocycles. The van der Waals surface area contributed by atoms with Crippen LogP contribution in [0.3, 0.4) is 0 Å². The molecule has 1 N–H and O–H groups in total. The number of aromatic amines is 1. The van der Waals surface area contributed by atoms with Gasteiger partial charge in [0.25, 0.3) is 0 Å². The Hall–Kier alpha value is -0.310. The molecule has 0 saturated carbocycles. The highest BCUT2D eigenvalue weighted by molar-refractivity contribution is 9.09. The van der Waals surface area contributed by atoms with Crippen LogP contribution in [0.25, 0.3) is 0 Å². The van der Waals surface area contributed by atoms with E-state index in [2.05, 4.69) is 33.1 Å². The van der Waals surface area contributed by atoms with Crippen molar-refractivity contribution in [1.82, 2.24) is 10.2 Å². The molecule has 1 aromatic rings. The maximum atomic E-state index is 3.83. The predicted octanol–water partition coefficient (Wildman–Crippen LogP) is 1.74. The molecule has 1 heterocycles. The van der Waals surface area contributed by atoms with Gasteiger partial charge in [-0.1, -0.05) is 22.9 Å². The number of nitrogens with zero attached hydrogens (tertiary/aromatic N) is 1. The first-order valence-corrected chi connectivity index (χ1v) is 3.83. The fraction of sp³-hybridized carbons (Fsp3) is 0.500. The van der Waals surface area contributed by atoms with Gasteiger partial charge >= 0.3 is 0 Å². The van der Waals surface area contributed by atoms with Gasteiger partial charge in [-0.2, -0.15) is 5.10 Å². The Morgan fingerprint density at radius 1 is 1.89 bits per heavy atom. The van der Waals surface area contributed by atoms with Crippen LogP contribution in [-0.4, -0.2) is 15.0 Å². The molecule has 3 heteroatoms. The van der Waals surface area contributed by atoms with Crippen LogP contribution in [0.1, 0.15) is 12.6 Å². The summed E-state index contributed by atoms with van der Waals surface area (Å²) in [7, 11) is 0. The molecule has 0 aliphatic carbocycles. The van der Waals surface area contributed by atoms with E-state index in [1.54, 1.807) is 6.20 Å². The van der Waals surface area contributed by atoms with Crippen LogP contribution in [-0.2, 0) is 6.42 Å². The van der Waals surface area contributed by atoms with Crippen LogP contribution in [0.2, 0.25) is 0 Å². The first kappa shape index (κ1) is 6.81. The maximum absolute atomic E-state index is 3.83. The van der Waals surface area contributed by atoms with Gasteiger partial charge in [0, 0.05) is 23.1 Å². The third-order valence-corrected chi connectivity index (χ3v) is 1.38. The maximum Gasteiger partial charge on any atom is 0.0490 e. The second kappa shape index (κ2) is 3.01. The van der Waals surface area contributed by atoms with Crippen molar-refractivity contribution in [2.24, 2.45) is 0 Å². The smallest absolute Gasteiger partial charge is 0.0490 e. The van der Waals surface area contributed by atoms with Crippen molar-refractivity contribution in [2.45, 2.75) is 18.2 Å². The van der Waals surface area contributed by atoms with E-state index in [-0.39, 0.29) is 0 Å². The van der Waals surface area contributed by atoms with Crippen LogP contribution in [0.4, 0.5) is 0 Å². The molecule has 0 spiro atoms. The Balaban J connectivity index is 2.48. The minimum Gasteiger partial charge on any atom is -0.283 e. The van der Waals surface area contributed by atoms with E-state index in [4.69, 9.17) is 0 Å². The summed E-state index contributed by atoms with van der Waals surface area (Å²) in [5.41, 5.74) is 1.18. The Kier molecular flexibility index (Phi) is 2.28. The normalized spacial score (nSPS) is 13.6. The van der Waals surface area contributed by atoms with Crippen LogP contribution >= 0.6 is 15.9 Å². The highest BCUT2D eigenvalue weighted by Crippen LogP contribution is 2.04. The Bertz CT molecular complexity index is 158. The molecule has 0 aliphatic heterocycles. The molecule has 1 unspecified atom stereocenters. The fourth-order valence-electron chi connectivity index (χ4n) is 0.701. The van der Waals surface area contributed by atoms with Crippen LogP contribution < -0.4 is 0 Å². The lowest BCUT2D eigenvalue weighted by molar-refractivity contribution is 0.893. The molecule has 1 rings (SSSR count). The SMILES string of the molecule is CC(Br)Cc1ccn[nH]1. The van der Waals surface area contributed by atoms with Gasteiger partial charge in [-0.3, -0.25) is 5.10 Å². The molecule has 0 amide bonds. The van der Waals surface area contributed by atoms with E-state index in [0.29, 0.717) is 4.83 Å². The molecule has 9 heavy (non-hydrogen) atoms. The second-order valence-electron chi connectivity index (χ2n) is 2.07. The lowest BCUT2D eigenvalue weighted by Crippen LogP contribution is -1.95. The number of aromatic nitrogens is 2. The molecular formula is C6H9BrN2. The molecular weight excluding hydrogens is 180 g/mol. The average molecular weight is 189 g/mol. The van der Waals surface area contributed by atoms with E-state index in [9.17, 15) is 0 Å². The number of hydrogen-bond acceptors (Lipinski definition) is 1. The molecule has 50 valence electrons. The Morgan fingerprint density at radius 3 is 3.11 bits per heavy atom. The van der Waals surface area contributed by atoms with Gasteiger partial charge in [-0.15, -0.1) is 0 Å². The first-order chi connectivity index (χ1) is 4.29. The van der Waals surface area contributed by atoms with Crippen molar-refractivity contribution < 1.29 is 0 Å². The third kappa shape index (κ3) is 2.18. The number of H-pyrrole nitrogens is 1. The zero-order valence-electron chi connectivity index (χ0n) is 5.26. The zero-order valence-corrected chi connectivity index (χ0v) is 6.85. The van der Waals surface area contributed by atoms with E-state index in [1.165, 1.54) is 5.69 Å². The molecule has 0 radical (unpaired) electrons. The highest BCUT2D eigenvalue weighted by atomic mass is 79.9. The minimum atomic E-state index is 0.526. The molecule has 0 fully saturated rings. The topological polar surface area (TPSA) is 28.7 Å². The number of rotatable bonds is 2. The van der Waals surface area contributed by atoms with E-state index in [1.807, 2.05) is 6.07 Å². The van der Waals surface area contributed by atoms with E-state index < -0.39 is 0 Å². The predicted molar refractivity (Wildman–Crippen MR) is 40.7 cm³/mol. The second-order valence-corrected chi connectivity index (χ2v) is 3.63. The summed E-state index contributed by atoms with van der Waals surface area (Å²) in [5.74, 6) is 0. The van der Waals surface area contributed by atoms with Gasteiger partial charge in [-0.05, 0) is 6.07 Å². The average Bonchev–Trinajstić information content (AvgIpc) is 2.15. The fourth-order valence-corrected chi connectivity index (χ4v) is 1.05. The summed E-state index contributed by atoms with van der Waals surface area (Å²) in [6.45, 7) is 2.11. The zero-order chi connectivity index (χ0) is 6.69. The number of nitrogens with one attached hydrogen (secondary N) is 1. The Morgan fingerprint density at radius 2 is 2.67 bits per heavy atom. The first-order valence-electron chi connectivity index (χ1n) is 2.91. The minimum absolute atomic E-state index is 0.526. The largest absolute Gasteiger partial charge is 0.283 e.